The van der Waals surface area contributed by atoms with Gasteiger partial charge in [-0.15, -0.1) is 12.4 Å². The molecule has 0 unspecified atom stereocenters. The fourth-order valence-electron chi connectivity index (χ4n) is 3.04. The van der Waals surface area contributed by atoms with Crippen LogP contribution in [0.15, 0.2) is 17.1 Å². The Bertz CT molecular complexity index is 649. The maximum Gasteiger partial charge on any atom is 0.270 e. The van der Waals surface area contributed by atoms with Gasteiger partial charge in [0, 0.05) is 25.9 Å². The van der Waals surface area contributed by atoms with Crippen LogP contribution in [0.3, 0.4) is 0 Å². The fraction of sp³-hybridized carbons (Fsp3) is 0.462. The molecule has 0 radical (unpaired) electrons. The Morgan fingerprint density at radius 2 is 2.00 bits per heavy atom. The Hall–Kier alpha value is -1.82. The van der Waals surface area contributed by atoms with E-state index < -0.39 is 11.3 Å². The number of nitrogens with zero attached hydrogens (tertiary/aromatic N) is 2. The van der Waals surface area contributed by atoms with Gasteiger partial charge in [0.05, 0.1) is 5.54 Å². The second-order valence-electron chi connectivity index (χ2n) is 5.41. The maximum atomic E-state index is 12.1. The first-order valence-corrected chi connectivity index (χ1v) is 6.27. The van der Waals surface area contributed by atoms with Gasteiger partial charge in [0.15, 0.2) is 5.43 Å². The number of halogens is 1. The molecule has 2 amide bonds. The molecule has 1 aliphatic carbocycles. The zero-order valence-corrected chi connectivity index (χ0v) is 11.9. The summed E-state index contributed by atoms with van der Waals surface area (Å²) in [5, 5.41) is 0. The molecule has 0 aromatic carbocycles. The predicted octanol–water partition coefficient (Wildman–Crippen LogP) is 0.334. The first kappa shape index (κ1) is 14.6. The fourth-order valence-corrected chi connectivity index (χ4v) is 3.04. The topological polar surface area (TPSA) is 85.4 Å². The number of fused-ring (bicyclic) bond motifs is 2. The number of nitrogens with two attached hydrogens (primary N) is 1. The van der Waals surface area contributed by atoms with Crippen molar-refractivity contribution in [2.45, 2.75) is 24.8 Å². The van der Waals surface area contributed by atoms with Crippen LogP contribution in [-0.2, 0) is 5.54 Å². The lowest BCUT2D eigenvalue weighted by Gasteiger charge is -2.50. The Morgan fingerprint density at radius 3 is 2.50 bits per heavy atom. The van der Waals surface area contributed by atoms with E-state index in [1.807, 2.05) is 0 Å². The van der Waals surface area contributed by atoms with Crippen molar-refractivity contribution in [2.75, 3.05) is 13.6 Å². The Labute approximate surface area is 122 Å². The van der Waals surface area contributed by atoms with Gasteiger partial charge >= 0.3 is 0 Å². The molecule has 1 aliphatic heterocycles. The molecule has 0 bridgehead atoms. The van der Waals surface area contributed by atoms with Gasteiger partial charge in [-0.1, -0.05) is 0 Å². The normalized spacial score (nSPS) is 19.1. The van der Waals surface area contributed by atoms with Gasteiger partial charge in [-0.3, -0.25) is 14.4 Å². The van der Waals surface area contributed by atoms with Crippen molar-refractivity contribution < 1.29 is 9.59 Å². The van der Waals surface area contributed by atoms with E-state index in [-0.39, 0.29) is 29.4 Å². The van der Waals surface area contributed by atoms with Crippen molar-refractivity contribution in [2.24, 2.45) is 5.73 Å². The lowest BCUT2D eigenvalue weighted by Crippen LogP contribution is -2.56. The van der Waals surface area contributed by atoms with Gasteiger partial charge in [0.2, 0.25) is 0 Å². The molecule has 20 heavy (non-hydrogen) atoms. The number of pyridine rings is 1. The molecule has 3 rings (SSSR count). The molecule has 1 saturated carbocycles. The first-order chi connectivity index (χ1) is 8.94. The molecule has 7 heteroatoms. The molecular weight excluding hydrogens is 282 g/mol. The third-order valence-electron chi connectivity index (χ3n) is 4.21. The Kier molecular flexibility index (Phi) is 3.37. The largest absolute Gasteiger partial charge is 0.365 e. The quantitative estimate of drug-likeness (QED) is 0.811. The summed E-state index contributed by atoms with van der Waals surface area (Å²) in [6, 6.07) is 1.23. The minimum atomic E-state index is -0.749. The number of hydrogen-bond acceptors (Lipinski definition) is 3. The average molecular weight is 298 g/mol. The molecule has 1 aromatic heterocycles. The third-order valence-corrected chi connectivity index (χ3v) is 4.21. The SMILES string of the molecule is CN1CC2(CCC2)n2cc(C(N)=O)c(=O)cc2C1=O.Cl. The van der Waals surface area contributed by atoms with E-state index in [1.54, 1.807) is 16.5 Å². The number of aromatic nitrogens is 1. The molecule has 6 nitrogen and oxygen atoms in total. The molecule has 0 saturated heterocycles. The summed E-state index contributed by atoms with van der Waals surface area (Å²) < 4.78 is 1.79. The lowest BCUT2D eigenvalue weighted by molar-refractivity contribution is 0.0395. The van der Waals surface area contributed by atoms with Crippen LogP contribution in [0.25, 0.3) is 0 Å². The van der Waals surface area contributed by atoms with Gasteiger partial charge < -0.3 is 15.2 Å². The molecule has 1 fully saturated rings. The van der Waals surface area contributed by atoms with Crippen LogP contribution in [0.1, 0.15) is 40.1 Å². The minimum absolute atomic E-state index is 0. The highest BCUT2D eigenvalue weighted by atomic mass is 35.5. The lowest BCUT2D eigenvalue weighted by atomic mass is 9.74. The average Bonchev–Trinajstić information content (AvgIpc) is 2.31. The van der Waals surface area contributed by atoms with Crippen molar-refractivity contribution in [3.8, 4) is 0 Å². The van der Waals surface area contributed by atoms with Gasteiger partial charge in [0.25, 0.3) is 11.8 Å². The van der Waals surface area contributed by atoms with Gasteiger partial charge in [0.1, 0.15) is 11.3 Å². The molecule has 2 heterocycles. The van der Waals surface area contributed by atoms with Crippen molar-refractivity contribution >= 4 is 24.2 Å². The summed E-state index contributed by atoms with van der Waals surface area (Å²) in [7, 11) is 1.73. The molecule has 0 atom stereocenters. The first-order valence-electron chi connectivity index (χ1n) is 6.27. The van der Waals surface area contributed by atoms with E-state index in [1.165, 1.54) is 12.3 Å². The van der Waals surface area contributed by atoms with Crippen LogP contribution in [-0.4, -0.2) is 34.9 Å². The highest BCUT2D eigenvalue weighted by Crippen LogP contribution is 2.42. The highest BCUT2D eigenvalue weighted by Gasteiger charge is 2.45. The molecule has 2 aliphatic rings. The number of hydrogen-bond donors (Lipinski definition) is 1. The summed E-state index contributed by atoms with van der Waals surface area (Å²) in [6.45, 7) is 0.611. The number of primary amides is 1. The van der Waals surface area contributed by atoms with Gasteiger partial charge in [-0.25, -0.2) is 0 Å². The van der Waals surface area contributed by atoms with E-state index >= 15 is 0 Å². The van der Waals surface area contributed by atoms with Gasteiger partial charge in [-0.05, 0) is 19.3 Å². The van der Waals surface area contributed by atoms with E-state index in [9.17, 15) is 14.4 Å². The van der Waals surface area contributed by atoms with Crippen LogP contribution in [0.5, 0.6) is 0 Å². The van der Waals surface area contributed by atoms with Gasteiger partial charge in [-0.2, -0.15) is 0 Å². The van der Waals surface area contributed by atoms with Crippen LogP contribution >= 0.6 is 12.4 Å². The van der Waals surface area contributed by atoms with E-state index in [2.05, 4.69) is 0 Å². The number of amides is 2. The Balaban J connectivity index is 0.00000147. The van der Waals surface area contributed by atoms with Crippen LogP contribution in [0.2, 0.25) is 0 Å². The van der Waals surface area contributed by atoms with E-state index in [4.69, 9.17) is 5.73 Å². The smallest absolute Gasteiger partial charge is 0.270 e. The summed E-state index contributed by atoms with van der Waals surface area (Å²) in [6.07, 6.45) is 4.43. The molecule has 2 N–H and O–H groups in total. The Morgan fingerprint density at radius 1 is 1.35 bits per heavy atom. The monoisotopic (exact) mass is 297 g/mol. The summed E-state index contributed by atoms with van der Waals surface area (Å²) in [5.74, 6) is -0.938. The second kappa shape index (κ2) is 4.63. The molecular formula is C13H16ClN3O3. The molecule has 108 valence electrons. The van der Waals surface area contributed by atoms with Crippen LogP contribution < -0.4 is 11.2 Å². The summed E-state index contributed by atoms with van der Waals surface area (Å²) in [5.41, 5.74) is 4.85. The second-order valence-corrected chi connectivity index (χ2v) is 5.41. The van der Waals surface area contributed by atoms with E-state index in [0.717, 1.165) is 19.3 Å². The van der Waals surface area contributed by atoms with Crippen molar-refractivity contribution in [3.63, 3.8) is 0 Å². The summed E-state index contributed by atoms with van der Waals surface area (Å²) in [4.78, 5) is 36.9. The third kappa shape index (κ3) is 1.83. The van der Waals surface area contributed by atoms with Crippen LogP contribution in [0, 0.1) is 0 Å². The number of rotatable bonds is 1. The van der Waals surface area contributed by atoms with E-state index in [0.29, 0.717) is 12.2 Å². The number of likely N-dealkylation sites (N-methyl/N-ethyl adjacent to an activating group) is 1. The standard InChI is InChI=1S/C13H15N3O3.ClH/c1-15-7-13(3-2-4-13)16-6-8(11(14)18)10(17)5-9(16)12(15)19;/h5-6H,2-4,7H2,1H3,(H2,14,18);1H. The number of carbonyl (C=O) groups is 2. The van der Waals surface area contributed by atoms with Crippen LogP contribution in [0.4, 0.5) is 0 Å². The predicted molar refractivity (Wildman–Crippen MR) is 75.3 cm³/mol. The van der Waals surface area contributed by atoms with Crippen molar-refractivity contribution in [3.05, 3.63) is 33.7 Å². The van der Waals surface area contributed by atoms with Crippen molar-refractivity contribution in [1.82, 2.24) is 9.47 Å². The zero-order chi connectivity index (χ0) is 13.8. The summed E-state index contributed by atoms with van der Waals surface area (Å²) >= 11 is 0. The van der Waals surface area contributed by atoms with Crippen molar-refractivity contribution in [1.29, 1.82) is 0 Å². The zero-order valence-electron chi connectivity index (χ0n) is 11.1. The number of carbonyl (C=O) groups excluding carboxylic acids is 2. The molecule has 1 spiro atoms. The molecule has 1 aromatic rings. The maximum absolute atomic E-state index is 12.1. The highest BCUT2D eigenvalue weighted by molar-refractivity contribution is 5.96. The minimum Gasteiger partial charge on any atom is -0.365 e.